The Balaban J connectivity index is 1.37. The van der Waals surface area contributed by atoms with Crippen LogP contribution < -0.4 is 5.73 Å². The summed E-state index contributed by atoms with van der Waals surface area (Å²) in [5, 5.41) is 45.0. The highest BCUT2D eigenvalue weighted by atomic mass is 16.4. The maximum Gasteiger partial charge on any atom is 0.292 e. The van der Waals surface area contributed by atoms with Crippen molar-refractivity contribution in [2.75, 3.05) is 19.8 Å². The SMILES string of the molecule is CN(C)[C@H]1C[C@]2(O)CCC3=C(C=C2[C@@H](O)[C@@H]1O)C(O)C[C@]1(C)C(c2ccc4oc(N)nc4c2)=CCC31. The highest BCUT2D eigenvalue weighted by molar-refractivity contribution is 5.83. The van der Waals surface area contributed by atoms with E-state index in [1.165, 1.54) is 5.57 Å². The molecule has 6 N–H and O–H groups in total. The van der Waals surface area contributed by atoms with Crippen molar-refractivity contribution in [1.82, 2.24) is 9.88 Å². The molecule has 0 bridgehead atoms. The molecule has 36 heavy (non-hydrogen) atoms. The van der Waals surface area contributed by atoms with E-state index in [1.807, 2.05) is 37.2 Å². The molecule has 2 unspecified atom stereocenters. The summed E-state index contributed by atoms with van der Waals surface area (Å²) < 4.78 is 5.44. The van der Waals surface area contributed by atoms with Gasteiger partial charge in [-0.1, -0.05) is 30.7 Å². The number of aliphatic hydroxyl groups excluding tert-OH is 3. The van der Waals surface area contributed by atoms with Crippen LogP contribution in [0.3, 0.4) is 0 Å². The zero-order valence-electron chi connectivity index (χ0n) is 21.0. The van der Waals surface area contributed by atoms with E-state index in [0.29, 0.717) is 42.4 Å². The van der Waals surface area contributed by atoms with Gasteiger partial charge in [0.25, 0.3) is 6.01 Å². The number of anilines is 1. The lowest BCUT2D eigenvalue weighted by Crippen LogP contribution is -2.58. The number of benzene rings is 1. The maximum atomic E-state index is 11.7. The van der Waals surface area contributed by atoms with Crippen molar-refractivity contribution in [1.29, 1.82) is 0 Å². The second-order valence-corrected chi connectivity index (χ2v) is 11.6. The van der Waals surface area contributed by atoms with Gasteiger partial charge in [0.05, 0.1) is 17.8 Å². The van der Waals surface area contributed by atoms with Crippen molar-refractivity contribution >= 4 is 22.7 Å². The van der Waals surface area contributed by atoms with Gasteiger partial charge in [-0.25, -0.2) is 0 Å². The molecule has 0 aliphatic heterocycles. The summed E-state index contributed by atoms with van der Waals surface area (Å²) in [7, 11) is 3.70. The number of aromatic nitrogens is 1. The van der Waals surface area contributed by atoms with E-state index in [9.17, 15) is 20.4 Å². The minimum absolute atomic E-state index is 0.143. The zero-order valence-corrected chi connectivity index (χ0v) is 21.0. The van der Waals surface area contributed by atoms with E-state index < -0.39 is 23.9 Å². The lowest BCUT2D eigenvalue weighted by molar-refractivity contribution is -0.0922. The standard InChI is InChI=1S/C28H35N3O5/c1-27-13-22(32)16-11-19-24(33)25(34)21(31(2)3)12-28(19,35)9-8-15(16)18(27)6-5-17(27)14-4-7-23-20(10-14)30-26(29)36-23/h4-5,7,10-11,18,21-22,24-25,32-35H,6,8-9,12-13H2,1-3H3,(H2,29,30)/t18?,21-,22?,24+,25+,27+,28+/m0/s1. The van der Waals surface area contributed by atoms with Gasteiger partial charge in [-0.3, -0.25) is 0 Å². The van der Waals surface area contributed by atoms with Crippen LogP contribution in [0.4, 0.5) is 6.01 Å². The first kappa shape index (κ1) is 23.9. The van der Waals surface area contributed by atoms with E-state index >= 15 is 0 Å². The Morgan fingerprint density at radius 1 is 1.17 bits per heavy atom. The Hall–Kier alpha value is -2.49. The number of hydrogen-bond acceptors (Lipinski definition) is 8. The van der Waals surface area contributed by atoms with Crippen LogP contribution in [-0.4, -0.2) is 74.4 Å². The molecule has 4 aliphatic rings. The summed E-state index contributed by atoms with van der Waals surface area (Å²) in [5.41, 5.74) is 10.2. The monoisotopic (exact) mass is 493 g/mol. The number of nitrogen functional groups attached to an aromatic ring is 1. The second-order valence-electron chi connectivity index (χ2n) is 11.6. The third kappa shape index (κ3) is 3.35. The molecular formula is C28H35N3O5. The van der Waals surface area contributed by atoms with Crippen LogP contribution in [-0.2, 0) is 0 Å². The van der Waals surface area contributed by atoms with Gasteiger partial charge in [-0.15, -0.1) is 0 Å². The Morgan fingerprint density at radius 3 is 2.69 bits per heavy atom. The third-order valence-electron chi connectivity index (χ3n) is 9.33. The average molecular weight is 494 g/mol. The van der Waals surface area contributed by atoms with E-state index in [1.54, 1.807) is 6.08 Å². The van der Waals surface area contributed by atoms with E-state index in [-0.39, 0.29) is 23.4 Å². The number of aliphatic hydroxyl groups is 4. The Morgan fingerprint density at radius 2 is 1.94 bits per heavy atom. The highest BCUT2D eigenvalue weighted by Crippen LogP contribution is 2.60. The van der Waals surface area contributed by atoms with Crippen LogP contribution in [0.15, 0.2) is 51.5 Å². The first-order valence-corrected chi connectivity index (χ1v) is 12.8. The summed E-state index contributed by atoms with van der Waals surface area (Å²) in [4.78, 5) is 6.15. The van der Waals surface area contributed by atoms with Crippen LogP contribution in [0.2, 0.25) is 0 Å². The molecule has 2 aromatic rings. The minimum Gasteiger partial charge on any atom is -0.424 e. The van der Waals surface area contributed by atoms with E-state index in [0.717, 1.165) is 23.1 Å². The summed E-state index contributed by atoms with van der Waals surface area (Å²) in [6.45, 7) is 2.21. The predicted molar refractivity (Wildman–Crippen MR) is 137 cm³/mol. The largest absolute Gasteiger partial charge is 0.424 e. The molecule has 4 aliphatic carbocycles. The van der Waals surface area contributed by atoms with Gasteiger partial charge in [0.15, 0.2) is 5.58 Å². The van der Waals surface area contributed by atoms with Crippen molar-refractivity contribution < 1.29 is 24.8 Å². The molecule has 0 radical (unpaired) electrons. The molecule has 192 valence electrons. The van der Waals surface area contributed by atoms with Gasteiger partial charge in [-0.05, 0) is 86.5 Å². The number of allylic oxidation sites excluding steroid dienone is 3. The van der Waals surface area contributed by atoms with Crippen molar-refractivity contribution in [2.45, 2.75) is 69.0 Å². The molecular weight excluding hydrogens is 458 g/mol. The van der Waals surface area contributed by atoms with Gasteiger partial charge < -0.3 is 35.5 Å². The summed E-state index contributed by atoms with van der Waals surface area (Å²) in [6, 6.07) is 5.70. The molecule has 6 rings (SSSR count). The van der Waals surface area contributed by atoms with Crippen LogP contribution in [0.5, 0.6) is 0 Å². The summed E-state index contributed by atoms with van der Waals surface area (Å²) in [6.07, 6.45) is 3.94. The quantitative estimate of drug-likeness (QED) is 0.430. The number of nitrogens with two attached hydrogens (primary N) is 1. The number of likely N-dealkylation sites (N-methyl/N-ethyl adjacent to an activating group) is 1. The molecule has 7 atom stereocenters. The predicted octanol–water partition coefficient (Wildman–Crippen LogP) is 2.39. The fraction of sp³-hybridized carbons (Fsp3) is 0.536. The van der Waals surface area contributed by atoms with Gasteiger partial charge in [0.1, 0.15) is 11.6 Å². The number of hydrogen-bond donors (Lipinski definition) is 5. The van der Waals surface area contributed by atoms with Gasteiger partial charge in [-0.2, -0.15) is 4.98 Å². The molecule has 8 heteroatoms. The smallest absolute Gasteiger partial charge is 0.292 e. The normalized spacial score (nSPS) is 38.4. The Bertz CT molecular complexity index is 1330. The van der Waals surface area contributed by atoms with Crippen LogP contribution in [0, 0.1) is 11.3 Å². The summed E-state index contributed by atoms with van der Waals surface area (Å²) in [5.74, 6) is 0.177. The highest BCUT2D eigenvalue weighted by Gasteiger charge is 2.53. The van der Waals surface area contributed by atoms with Crippen molar-refractivity contribution in [2.24, 2.45) is 11.3 Å². The number of nitrogens with zero attached hydrogens (tertiary/aromatic N) is 2. The Labute approximate surface area is 210 Å². The topological polar surface area (TPSA) is 136 Å². The molecule has 0 amide bonds. The van der Waals surface area contributed by atoms with Crippen LogP contribution in [0.25, 0.3) is 16.7 Å². The first-order chi connectivity index (χ1) is 17.0. The fourth-order valence-corrected chi connectivity index (χ4v) is 7.41. The zero-order chi connectivity index (χ0) is 25.6. The second kappa shape index (κ2) is 8.00. The fourth-order valence-electron chi connectivity index (χ4n) is 7.41. The lowest BCUT2D eigenvalue weighted by Gasteiger charge is -2.46. The maximum absolute atomic E-state index is 11.7. The van der Waals surface area contributed by atoms with Gasteiger partial charge in [0, 0.05) is 11.5 Å². The molecule has 1 aromatic carbocycles. The molecule has 1 fully saturated rings. The van der Waals surface area contributed by atoms with Crippen LogP contribution in [0.1, 0.15) is 44.6 Å². The number of rotatable bonds is 2. The first-order valence-electron chi connectivity index (χ1n) is 12.8. The average Bonchev–Trinajstić information content (AvgIpc) is 3.30. The number of fused-ring (bicyclic) bond motifs is 4. The van der Waals surface area contributed by atoms with Crippen molar-refractivity contribution in [3.63, 3.8) is 0 Å². The number of oxazole rings is 1. The van der Waals surface area contributed by atoms with Crippen LogP contribution >= 0.6 is 0 Å². The third-order valence-corrected chi connectivity index (χ3v) is 9.33. The van der Waals surface area contributed by atoms with Crippen molar-refractivity contribution in [3.8, 4) is 0 Å². The minimum atomic E-state index is -1.23. The van der Waals surface area contributed by atoms with E-state index in [4.69, 9.17) is 10.2 Å². The van der Waals surface area contributed by atoms with Gasteiger partial charge >= 0.3 is 0 Å². The Kier molecular flexibility index (Phi) is 5.31. The van der Waals surface area contributed by atoms with Crippen molar-refractivity contribution in [3.05, 3.63) is 52.6 Å². The summed E-state index contributed by atoms with van der Waals surface area (Å²) >= 11 is 0. The molecule has 1 heterocycles. The molecule has 1 saturated carbocycles. The molecule has 0 spiro atoms. The molecule has 1 aromatic heterocycles. The van der Waals surface area contributed by atoms with Gasteiger partial charge in [0.2, 0.25) is 0 Å². The van der Waals surface area contributed by atoms with E-state index in [2.05, 4.69) is 18.0 Å². The molecule has 0 saturated heterocycles. The lowest BCUT2D eigenvalue weighted by atomic mass is 9.61. The molecule has 8 nitrogen and oxygen atoms in total.